The van der Waals surface area contributed by atoms with Gasteiger partial charge in [0.15, 0.2) is 0 Å². The Morgan fingerprint density at radius 1 is 1.19 bits per heavy atom. The van der Waals surface area contributed by atoms with Gasteiger partial charge in [-0.15, -0.1) is 0 Å². The molecule has 3 fully saturated rings. The molecule has 1 aliphatic heterocycles. The third-order valence-electron chi connectivity index (χ3n) is 6.65. The Labute approximate surface area is 170 Å². The number of allylic oxidation sites excluding steroid dienone is 2. The van der Waals surface area contributed by atoms with E-state index in [1.54, 1.807) is 25.1 Å². The minimum atomic E-state index is -0.869. The predicted octanol–water partition coefficient (Wildman–Crippen LogP) is 3.48. The van der Waals surface area contributed by atoms with Crippen molar-refractivity contribution < 1.29 is 14.4 Å². The summed E-state index contributed by atoms with van der Waals surface area (Å²) < 4.78 is 0.800. The Morgan fingerprint density at radius 2 is 1.78 bits per heavy atom. The van der Waals surface area contributed by atoms with Gasteiger partial charge in [0.05, 0.1) is 22.5 Å². The lowest BCUT2D eigenvalue weighted by atomic mass is 9.63. The first-order valence-corrected chi connectivity index (χ1v) is 10.4. The summed E-state index contributed by atoms with van der Waals surface area (Å²) in [7, 11) is 0. The number of benzene rings is 1. The molecule has 2 bridgehead atoms. The maximum absolute atomic E-state index is 13.1. The second-order valence-electron chi connectivity index (χ2n) is 7.99. The molecule has 4 aliphatic carbocycles. The highest BCUT2D eigenvalue weighted by molar-refractivity contribution is 9.10. The fourth-order valence-corrected chi connectivity index (χ4v) is 6.03. The third kappa shape index (κ3) is 2.46. The van der Waals surface area contributed by atoms with Gasteiger partial charge < -0.3 is 5.32 Å². The number of anilines is 1. The number of imide groups is 1. The predicted molar refractivity (Wildman–Crippen MR) is 104 cm³/mol. The highest BCUT2D eigenvalue weighted by Crippen LogP contribution is 2.65. The van der Waals surface area contributed by atoms with E-state index in [0.29, 0.717) is 22.5 Å². The molecule has 3 amide bonds. The molecule has 140 valence electrons. The SMILES string of the molecule is C[C@H](C(=O)Nc1ccc(Br)cc1Cl)N1C(=O)[C@@H]2[C@H]3C=C[C@@H]([C@@H]4C[C@H]34)[C@@H]2C1=O. The number of nitrogens with one attached hydrogen (secondary N) is 1. The fraction of sp³-hybridized carbons (Fsp3) is 0.450. The smallest absolute Gasteiger partial charge is 0.247 e. The van der Waals surface area contributed by atoms with Gasteiger partial charge in [-0.2, -0.15) is 0 Å². The van der Waals surface area contributed by atoms with E-state index >= 15 is 0 Å². The van der Waals surface area contributed by atoms with E-state index in [1.807, 2.05) is 0 Å². The first kappa shape index (κ1) is 17.4. The van der Waals surface area contributed by atoms with Crippen molar-refractivity contribution in [2.24, 2.45) is 35.5 Å². The Hall–Kier alpha value is -1.66. The number of amides is 3. The Balaban J connectivity index is 1.38. The molecule has 0 aromatic heterocycles. The zero-order valence-corrected chi connectivity index (χ0v) is 16.9. The standard InChI is InChI=1S/C20H18BrClN2O3/c1-8(18(25)23-15-5-2-9(21)6-14(15)22)24-19(26)16-10-3-4-11(13-7-12(10)13)17(16)20(24)27/h2-6,8,10-13,16-17H,7H2,1H3,(H,23,25)/t8-,10+,11+,12-,13+,16-,17+/m1/s1. The van der Waals surface area contributed by atoms with Gasteiger partial charge in [-0.05, 0) is 55.2 Å². The quantitative estimate of drug-likeness (QED) is 0.567. The highest BCUT2D eigenvalue weighted by atomic mass is 79.9. The van der Waals surface area contributed by atoms with Gasteiger partial charge in [0.1, 0.15) is 6.04 Å². The van der Waals surface area contributed by atoms with Crippen molar-refractivity contribution in [2.75, 3.05) is 5.32 Å². The van der Waals surface area contributed by atoms with Gasteiger partial charge in [0.25, 0.3) is 0 Å². The first-order chi connectivity index (χ1) is 12.9. The van der Waals surface area contributed by atoms with E-state index in [2.05, 4.69) is 33.4 Å². The van der Waals surface area contributed by atoms with Crippen LogP contribution in [0.1, 0.15) is 13.3 Å². The number of carbonyl (C=O) groups is 3. The van der Waals surface area contributed by atoms with E-state index in [-0.39, 0.29) is 35.5 Å². The van der Waals surface area contributed by atoms with Gasteiger partial charge >= 0.3 is 0 Å². The summed E-state index contributed by atoms with van der Waals surface area (Å²) in [6.45, 7) is 1.60. The van der Waals surface area contributed by atoms with Crippen LogP contribution in [0.2, 0.25) is 5.02 Å². The topological polar surface area (TPSA) is 66.5 Å². The minimum absolute atomic E-state index is 0.155. The average molecular weight is 450 g/mol. The van der Waals surface area contributed by atoms with Crippen molar-refractivity contribution in [1.29, 1.82) is 0 Å². The molecule has 7 atom stereocenters. The first-order valence-electron chi connectivity index (χ1n) is 9.19. The number of hydrogen-bond donors (Lipinski definition) is 1. The Kier molecular flexibility index (Phi) is 3.82. The summed E-state index contributed by atoms with van der Waals surface area (Å²) in [6, 6.07) is 4.26. The van der Waals surface area contributed by atoms with Gasteiger partial charge in [-0.1, -0.05) is 39.7 Å². The van der Waals surface area contributed by atoms with E-state index in [1.165, 1.54) is 4.90 Å². The molecular weight excluding hydrogens is 432 g/mol. The molecule has 1 heterocycles. The molecule has 5 aliphatic rings. The molecule has 0 spiro atoms. The number of carbonyl (C=O) groups excluding carboxylic acids is 3. The van der Waals surface area contributed by atoms with E-state index in [0.717, 1.165) is 10.9 Å². The molecule has 5 nitrogen and oxygen atoms in total. The van der Waals surface area contributed by atoms with Crippen LogP contribution in [0.25, 0.3) is 0 Å². The van der Waals surface area contributed by atoms with Crippen molar-refractivity contribution >= 4 is 50.9 Å². The van der Waals surface area contributed by atoms with Gasteiger partial charge in [0, 0.05) is 4.47 Å². The summed E-state index contributed by atoms with van der Waals surface area (Å²) in [5.74, 6) is 0.0200. The van der Waals surface area contributed by atoms with E-state index in [9.17, 15) is 14.4 Å². The molecule has 1 saturated heterocycles. The lowest BCUT2D eigenvalue weighted by molar-refractivity contribution is -0.146. The van der Waals surface area contributed by atoms with Crippen LogP contribution >= 0.6 is 27.5 Å². The monoisotopic (exact) mass is 448 g/mol. The maximum atomic E-state index is 13.1. The highest BCUT2D eigenvalue weighted by Gasteiger charge is 2.67. The molecule has 2 saturated carbocycles. The third-order valence-corrected chi connectivity index (χ3v) is 7.46. The second-order valence-corrected chi connectivity index (χ2v) is 9.31. The van der Waals surface area contributed by atoms with Crippen LogP contribution in [-0.2, 0) is 14.4 Å². The number of likely N-dealkylation sites (tertiary alicyclic amines) is 1. The zero-order chi connectivity index (χ0) is 19.0. The molecular formula is C20H18BrClN2O3. The number of rotatable bonds is 3. The Morgan fingerprint density at radius 3 is 2.33 bits per heavy atom. The van der Waals surface area contributed by atoms with Crippen LogP contribution in [0.3, 0.4) is 0 Å². The van der Waals surface area contributed by atoms with Gasteiger partial charge in [0.2, 0.25) is 17.7 Å². The van der Waals surface area contributed by atoms with Crippen LogP contribution in [-0.4, -0.2) is 28.7 Å². The summed E-state index contributed by atoms with van der Waals surface area (Å²) in [4.78, 5) is 40.1. The van der Waals surface area contributed by atoms with Crippen molar-refractivity contribution in [2.45, 2.75) is 19.4 Å². The number of nitrogens with zero attached hydrogens (tertiary/aromatic N) is 1. The molecule has 1 aromatic carbocycles. The van der Waals surface area contributed by atoms with Crippen LogP contribution < -0.4 is 5.32 Å². The number of hydrogen-bond acceptors (Lipinski definition) is 3. The average Bonchev–Trinajstić information content (AvgIpc) is 3.41. The van der Waals surface area contributed by atoms with Crippen molar-refractivity contribution in [3.05, 3.63) is 39.8 Å². The molecule has 0 radical (unpaired) electrons. The lowest BCUT2D eigenvalue weighted by Gasteiger charge is -2.37. The maximum Gasteiger partial charge on any atom is 0.247 e. The molecule has 7 heteroatoms. The molecule has 6 rings (SSSR count). The Bertz CT molecular complexity index is 880. The van der Waals surface area contributed by atoms with Gasteiger partial charge in [-0.25, -0.2) is 0 Å². The van der Waals surface area contributed by atoms with Crippen molar-refractivity contribution in [3.8, 4) is 0 Å². The van der Waals surface area contributed by atoms with Gasteiger partial charge in [-0.3, -0.25) is 19.3 Å². The van der Waals surface area contributed by atoms with E-state index in [4.69, 9.17) is 11.6 Å². The molecule has 27 heavy (non-hydrogen) atoms. The normalized spacial score (nSPS) is 36.5. The van der Waals surface area contributed by atoms with Crippen LogP contribution in [0, 0.1) is 35.5 Å². The zero-order valence-electron chi connectivity index (χ0n) is 14.6. The molecule has 1 aromatic rings. The lowest BCUT2D eigenvalue weighted by Crippen LogP contribution is -2.46. The van der Waals surface area contributed by atoms with Crippen LogP contribution in [0.5, 0.6) is 0 Å². The molecule has 1 N–H and O–H groups in total. The summed E-state index contributed by atoms with van der Waals surface area (Å²) in [6.07, 6.45) is 5.37. The second kappa shape index (κ2) is 5.92. The fourth-order valence-electron chi connectivity index (χ4n) is 5.31. The largest absolute Gasteiger partial charge is 0.323 e. The minimum Gasteiger partial charge on any atom is -0.323 e. The summed E-state index contributed by atoms with van der Waals surface area (Å²) in [5, 5.41) is 3.13. The van der Waals surface area contributed by atoms with Crippen molar-refractivity contribution in [3.63, 3.8) is 0 Å². The van der Waals surface area contributed by atoms with Crippen molar-refractivity contribution in [1.82, 2.24) is 4.90 Å². The molecule has 0 unspecified atom stereocenters. The van der Waals surface area contributed by atoms with Crippen LogP contribution in [0.4, 0.5) is 5.69 Å². The number of halogens is 2. The van der Waals surface area contributed by atoms with Crippen LogP contribution in [0.15, 0.2) is 34.8 Å². The summed E-state index contributed by atoms with van der Waals surface area (Å²) in [5.41, 5.74) is 0.455. The summed E-state index contributed by atoms with van der Waals surface area (Å²) >= 11 is 9.48. The van der Waals surface area contributed by atoms with E-state index < -0.39 is 11.9 Å².